The Kier molecular flexibility index (Phi) is 3.91. The number of halogens is 1. The molecule has 0 unspecified atom stereocenters. The third-order valence-corrected chi connectivity index (χ3v) is 3.38. The molecule has 18 heavy (non-hydrogen) atoms. The van der Waals surface area contributed by atoms with E-state index in [0.717, 1.165) is 12.0 Å². The first kappa shape index (κ1) is 13.0. The van der Waals surface area contributed by atoms with Crippen molar-refractivity contribution in [3.8, 4) is 0 Å². The number of carbonyl (C=O) groups is 1. The molecule has 0 saturated heterocycles. The van der Waals surface area contributed by atoms with Crippen LogP contribution in [0.5, 0.6) is 0 Å². The van der Waals surface area contributed by atoms with Gasteiger partial charge in [0.15, 0.2) is 0 Å². The molecule has 5 heteroatoms. The maximum atomic E-state index is 12.5. The van der Waals surface area contributed by atoms with Crippen LogP contribution < -0.4 is 0 Å². The number of hydrogen-bond acceptors (Lipinski definition) is 3. The Hall–Kier alpha value is -1.49. The second-order valence-electron chi connectivity index (χ2n) is 3.85. The SMILES string of the molecule is CCc1cccnc1C(=O)c1c(Br)cnn1CC. The number of nitrogens with zero attached hydrogens (tertiary/aromatic N) is 3. The summed E-state index contributed by atoms with van der Waals surface area (Å²) in [6, 6.07) is 3.78. The van der Waals surface area contributed by atoms with E-state index < -0.39 is 0 Å². The fraction of sp³-hybridized carbons (Fsp3) is 0.308. The number of carbonyl (C=O) groups excluding carboxylic acids is 1. The molecule has 2 aromatic rings. The van der Waals surface area contributed by atoms with Crippen molar-refractivity contribution < 1.29 is 4.79 Å². The van der Waals surface area contributed by atoms with Gasteiger partial charge in [0.1, 0.15) is 11.4 Å². The number of aryl methyl sites for hydroxylation is 2. The van der Waals surface area contributed by atoms with Crippen LogP contribution in [0.25, 0.3) is 0 Å². The van der Waals surface area contributed by atoms with Gasteiger partial charge in [0.2, 0.25) is 5.78 Å². The van der Waals surface area contributed by atoms with Gasteiger partial charge < -0.3 is 0 Å². The summed E-state index contributed by atoms with van der Waals surface area (Å²) in [6.07, 6.45) is 4.07. The molecule has 0 spiro atoms. The summed E-state index contributed by atoms with van der Waals surface area (Å²) in [5.41, 5.74) is 2.03. The molecule has 0 fully saturated rings. The van der Waals surface area contributed by atoms with E-state index in [-0.39, 0.29) is 5.78 Å². The van der Waals surface area contributed by atoms with Gasteiger partial charge in [-0.15, -0.1) is 0 Å². The van der Waals surface area contributed by atoms with E-state index in [1.165, 1.54) is 0 Å². The minimum absolute atomic E-state index is 0.0846. The van der Waals surface area contributed by atoms with Crippen LogP contribution in [-0.4, -0.2) is 20.5 Å². The Bertz CT molecular complexity index is 577. The average Bonchev–Trinajstić information content (AvgIpc) is 2.79. The molecule has 0 aliphatic carbocycles. The summed E-state index contributed by atoms with van der Waals surface area (Å²) in [5, 5.41) is 4.16. The van der Waals surface area contributed by atoms with Crippen molar-refractivity contribution >= 4 is 21.7 Å². The molecule has 2 aromatic heterocycles. The van der Waals surface area contributed by atoms with Gasteiger partial charge >= 0.3 is 0 Å². The van der Waals surface area contributed by atoms with E-state index in [2.05, 4.69) is 26.0 Å². The predicted octanol–water partition coefficient (Wildman–Crippen LogP) is 2.85. The van der Waals surface area contributed by atoms with E-state index in [9.17, 15) is 4.79 Å². The van der Waals surface area contributed by atoms with Crippen molar-refractivity contribution in [2.45, 2.75) is 26.8 Å². The lowest BCUT2D eigenvalue weighted by atomic mass is 10.1. The van der Waals surface area contributed by atoms with Gasteiger partial charge in [0.25, 0.3) is 0 Å². The molecule has 0 aliphatic rings. The number of pyridine rings is 1. The quantitative estimate of drug-likeness (QED) is 0.816. The van der Waals surface area contributed by atoms with E-state index in [1.54, 1.807) is 17.1 Å². The highest BCUT2D eigenvalue weighted by Crippen LogP contribution is 2.20. The molecule has 0 radical (unpaired) electrons. The highest BCUT2D eigenvalue weighted by atomic mass is 79.9. The lowest BCUT2D eigenvalue weighted by Gasteiger charge is -2.07. The number of aromatic nitrogens is 3. The normalized spacial score (nSPS) is 10.6. The summed E-state index contributed by atoms with van der Waals surface area (Å²) >= 11 is 3.37. The van der Waals surface area contributed by atoms with E-state index in [4.69, 9.17) is 0 Å². The fourth-order valence-corrected chi connectivity index (χ4v) is 2.34. The largest absolute Gasteiger partial charge is 0.285 e. The minimum atomic E-state index is -0.0846. The summed E-state index contributed by atoms with van der Waals surface area (Å²) in [5.74, 6) is -0.0846. The zero-order chi connectivity index (χ0) is 13.1. The molecule has 0 aromatic carbocycles. The lowest BCUT2D eigenvalue weighted by Crippen LogP contribution is -2.14. The number of ketones is 1. The molecule has 0 amide bonds. The minimum Gasteiger partial charge on any atom is -0.285 e. The summed E-state index contributed by atoms with van der Waals surface area (Å²) in [7, 11) is 0. The van der Waals surface area contributed by atoms with Crippen molar-refractivity contribution in [1.29, 1.82) is 0 Å². The molecule has 2 heterocycles. The van der Waals surface area contributed by atoms with Crippen molar-refractivity contribution in [3.05, 3.63) is 46.0 Å². The molecule has 0 N–H and O–H groups in total. The van der Waals surface area contributed by atoms with Crippen molar-refractivity contribution in [1.82, 2.24) is 14.8 Å². The van der Waals surface area contributed by atoms with Crippen molar-refractivity contribution in [2.75, 3.05) is 0 Å². The van der Waals surface area contributed by atoms with Gasteiger partial charge in [-0.2, -0.15) is 5.10 Å². The van der Waals surface area contributed by atoms with Gasteiger partial charge in [0, 0.05) is 12.7 Å². The molecule has 0 bridgehead atoms. The summed E-state index contributed by atoms with van der Waals surface area (Å²) in [6.45, 7) is 4.62. The van der Waals surface area contributed by atoms with Gasteiger partial charge in [-0.3, -0.25) is 14.5 Å². The Morgan fingerprint density at radius 1 is 1.44 bits per heavy atom. The van der Waals surface area contributed by atoms with E-state index in [1.807, 2.05) is 26.0 Å². The number of hydrogen-bond donors (Lipinski definition) is 0. The predicted molar refractivity (Wildman–Crippen MR) is 72.6 cm³/mol. The standard InChI is InChI=1S/C13H14BrN3O/c1-3-9-6-5-7-15-11(9)13(18)12-10(14)8-16-17(12)4-2/h5-8H,3-4H2,1-2H3. The third kappa shape index (κ3) is 2.22. The molecule has 0 aliphatic heterocycles. The Morgan fingerprint density at radius 3 is 2.89 bits per heavy atom. The van der Waals surface area contributed by atoms with Crippen LogP contribution >= 0.6 is 15.9 Å². The van der Waals surface area contributed by atoms with Crippen molar-refractivity contribution in [3.63, 3.8) is 0 Å². The van der Waals surface area contributed by atoms with Crippen molar-refractivity contribution in [2.24, 2.45) is 0 Å². The zero-order valence-electron chi connectivity index (χ0n) is 10.4. The van der Waals surface area contributed by atoms with Crippen LogP contribution in [0.15, 0.2) is 29.0 Å². The smallest absolute Gasteiger partial charge is 0.230 e. The van der Waals surface area contributed by atoms with Crippen LogP contribution in [0.3, 0.4) is 0 Å². The molecular formula is C13H14BrN3O. The first-order valence-corrected chi connectivity index (χ1v) is 6.68. The van der Waals surface area contributed by atoms with Gasteiger partial charge in [0.05, 0.1) is 10.7 Å². The van der Waals surface area contributed by atoms with Crippen LogP contribution in [0.4, 0.5) is 0 Å². The molecule has 0 atom stereocenters. The zero-order valence-corrected chi connectivity index (χ0v) is 11.9. The lowest BCUT2D eigenvalue weighted by molar-refractivity contribution is 0.102. The number of rotatable bonds is 4. The average molecular weight is 308 g/mol. The van der Waals surface area contributed by atoms with Gasteiger partial charge in [-0.05, 0) is 40.9 Å². The first-order chi connectivity index (χ1) is 8.69. The molecule has 94 valence electrons. The van der Waals surface area contributed by atoms with E-state index in [0.29, 0.717) is 22.4 Å². The van der Waals surface area contributed by atoms with Crippen LogP contribution in [0.1, 0.15) is 35.6 Å². The Morgan fingerprint density at radius 2 is 2.22 bits per heavy atom. The van der Waals surface area contributed by atoms with Gasteiger partial charge in [-0.25, -0.2) is 0 Å². The second-order valence-corrected chi connectivity index (χ2v) is 4.71. The maximum Gasteiger partial charge on any atom is 0.230 e. The highest BCUT2D eigenvalue weighted by Gasteiger charge is 2.21. The summed E-state index contributed by atoms with van der Waals surface area (Å²) in [4.78, 5) is 16.7. The highest BCUT2D eigenvalue weighted by molar-refractivity contribution is 9.10. The Balaban J connectivity index is 2.51. The van der Waals surface area contributed by atoms with Gasteiger partial charge in [-0.1, -0.05) is 13.0 Å². The maximum absolute atomic E-state index is 12.5. The van der Waals surface area contributed by atoms with Crippen LogP contribution in [-0.2, 0) is 13.0 Å². The third-order valence-electron chi connectivity index (χ3n) is 2.80. The second kappa shape index (κ2) is 5.44. The fourth-order valence-electron chi connectivity index (χ4n) is 1.87. The molecule has 4 nitrogen and oxygen atoms in total. The molecule has 2 rings (SSSR count). The monoisotopic (exact) mass is 307 g/mol. The van der Waals surface area contributed by atoms with Crippen LogP contribution in [0, 0.1) is 0 Å². The first-order valence-electron chi connectivity index (χ1n) is 5.88. The van der Waals surface area contributed by atoms with E-state index >= 15 is 0 Å². The Labute approximate surface area is 114 Å². The topological polar surface area (TPSA) is 47.8 Å². The van der Waals surface area contributed by atoms with Crippen LogP contribution in [0.2, 0.25) is 0 Å². The molecule has 0 saturated carbocycles. The molecular weight excluding hydrogens is 294 g/mol. The summed E-state index contributed by atoms with van der Waals surface area (Å²) < 4.78 is 2.39.